The maximum Gasteiger partial charge on any atom is 0.0431 e. The van der Waals surface area contributed by atoms with E-state index in [1.165, 1.54) is 0 Å². The van der Waals surface area contributed by atoms with E-state index < -0.39 is 0 Å². The molecule has 0 aliphatic rings. The Morgan fingerprint density at radius 1 is 1.50 bits per heavy atom. The van der Waals surface area contributed by atoms with Gasteiger partial charge in [-0.3, -0.25) is 0 Å². The summed E-state index contributed by atoms with van der Waals surface area (Å²) < 4.78 is 0. The van der Waals surface area contributed by atoms with Crippen molar-refractivity contribution in [2.45, 2.75) is 26.7 Å². The van der Waals surface area contributed by atoms with Crippen LogP contribution in [0.2, 0.25) is 0 Å². The summed E-state index contributed by atoms with van der Waals surface area (Å²) in [6.07, 6.45) is 3.82. The van der Waals surface area contributed by atoms with Crippen LogP contribution in [-0.2, 0) is 0 Å². The molecule has 2 heteroatoms. The van der Waals surface area contributed by atoms with Gasteiger partial charge in [0.25, 0.3) is 0 Å². The molecule has 0 bridgehead atoms. The first-order valence-corrected chi connectivity index (χ1v) is 4.55. The van der Waals surface area contributed by atoms with E-state index in [2.05, 4.69) is 25.7 Å². The van der Waals surface area contributed by atoms with Gasteiger partial charge in [0.2, 0.25) is 0 Å². The van der Waals surface area contributed by atoms with E-state index in [-0.39, 0.29) is 5.41 Å². The standard InChI is InChI=1S/C10H21NO/c1-4-7-11-9-10(2,3)6-5-8-12/h4,11-12H,1,5-9H2,2-3H3. The Hall–Kier alpha value is -0.340. The van der Waals surface area contributed by atoms with Gasteiger partial charge in [-0.2, -0.15) is 0 Å². The second kappa shape index (κ2) is 6.21. The van der Waals surface area contributed by atoms with Crippen molar-refractivity contribution in [3.05, 3.63) is 12.7 Å². The van der Waals surface area contributed by atoms with Crippen LogP contribution in [0, 0.1) is 5.41 Å². The Balaban J connectivity index is 3.48. The largest absolute Gasteiger partial charge is 0.396 e. The molecule has 0 aromatic heterocycles. The van der Waals surface area contributed by atoms with Crippen LogP contribution in [0.3, 0.4) is 0 Å². The average molecular weight is 171 g/mol. The van der Waals surface area contributed by atoms with Crippen LogP contribution in [0.4, 0.5) is 0 Å². The van der Waals surface area contributed by atoms with E-state index in [0.717, 1.165) is 25.9 Å². The number of hydrogen-bond acceptors (Lipinski definition) is 2. The van der Waals surface area contributed by atoms with Crippen LogP contribution in [0.5, 0.6) is 0 Å². The zero-order valence-electron chi connectivity index (χ0n) is 8.27. The lowest BCUT2D eigenvalue weighted by Gasteiger charge is -2.24. The molecule has 0 spiro atoms. The molecule has 0 aliphatic heterocycles. The molecule has 2 N–H and O–H groups in total. The number of nitrogens with one attached hydrogen (secondary N) is 1. The molecule has 0 aromatic carbocycles. The van der Waals surface area contributed by atoms with Crippen LogP contribution < -0.4 is 5.32 Å². The predicted molar refractivity (Wildman–Crippen MR) is 53.2 cm³/mol. The maximum atomic E-state index is 8.66. The van der Waals surface area contributed by atoms with Gasteiger partial charge in [-0.15, -0.1) is 6.58 Å². The van der Waals surface area contributed by atoms with Gasteiger partial charge < -0.3 is 10.4 Å². The average Bonchev–Trinajstić information content (AvgIpc) is 2.01. The summed E-state index contributed by atoms with van der Waals surface area (Å²) in [7, 11) is 0. The topological polar surface area (TPSA) is 32.3 Å². The molecule has 0 fully saturated rings. The summed E-state index contributed by atoms with van der Waals surface area (Å²) in [5, 5.41) is 11.9. The van der Waals surface area contributed by atoms with Crippen molar-refractivity contribution in [1.82, 2.24) is 5.32 Å². The normalized spacial score (nSPS) is 11.6. The predicted octanol–water partition coefficient (Wildman–Crippen LogP) is 1.56. The zero-order chi connectivity index (χ0) is 9.45. The summed E-state index contributed by atoms with van der Waals surface area (Å²) in [6.45, 7) is 10.2. The minimum atomic E-state index is 0.283. The third-order valence-electron chi connectivity index (χ3n) is 1.90. The van der Waals surface area contributed by atoms with Crippen molar-refractivity contribution in [2.75, 3.05) is 19.7 Å². The molecule has 0 aromatic rings. The molecule has 0 rings (SSSR count). The number of aliphatic hydroxyl groups is 1. The Labute approximate surface area is 75.7 Å². The summed E-state index contributed by atoms with van der Waals surface area (Å²) in [5.41, 5.74) is 0.283. The van der Waals surface area contributed by atoms with Gasteiger partial charge in [-0.25, -0.2) is 0 Å². The number of rotatable bonds is 7. The minimum Gasteiger partial charge on any atom is -0.396 e. The first-order chi connectivity index (χ1) is 5.62. The van der Waals surface area contributed by atoms with E-state index in [4.69, 9.17) is 5.11 Å². The van der Waals surface area contributed by atoms with Crippen LogP contribution >= 0.6 is 0 Å². The van der Waals surface area contributed by atoms with Crippen molar-refractivity contribution >= 4 is 0 Å². The molecule has 0 radical (unpaired) electrons. The molecular weight excluding hydrogens is 150 g/mol. The number of aliphatic hydroxyl groups excluding tert-OH is 1. The molecule has 0 atom stereocenters. The highest BCUT2D eigenvalue weighted by Crippen LogP contribution is 2.20. The van der Waals surface area contributed by atoms with Crippen molar-refractivity contribution in [3.63, 3.8) is 0 Å². The Morgan fingerprint density at radius 3 is 2.67 bits per heavy atom. The fraction of sp³-hybridized carbons (Fsp3) is 0.800. The van der Waals surface area contributed by atoms with Crippen LogP contribution in [0.1, 0.15) is 26.7 Å². The van der Waals surface area contributed by atoms with Gasteiger partial charge >= 0.3 is 0 Å². The highest BCUT2D eigenvalue weighted by molar-refractivity contribution is 4.75. The minimum absolute atomic E-state index is 0.283. The Morgan fingerprint density at radius 2 is 2.17 bits per heavy atom. The molecular formula is C10H21NO. The van der Waals surface area contributed by atoms with Crippen LogP contribution in [-0.4, -0.2) is 24.8 Å². The van der Waals surface area contributed by atoms with E-state index in [9.17, 15) is 0 Å². The second-order valence-corrected chi connectivity index (χ2v) is 3.91. The quantitative estimate of drug-likeness (QED) is 0.450. The molecule has 2 nitrogen and oxygen atoms in total. The van der Waals surface area contributed by atoms with Crippen LogP contribution in [0.25, 0.3) is 0 Å². The van der Waals surface area contributed by atoms with Crippen LogP contribution in [0.15, 0.2) is 12.7 Å². The molecule has 0 saturated heterocycles. The highest BCUT2D eigenvalue weighted by atomic mass is 16.2. The smallest absolute Gasteiger partial charge is 0.0431 e. The van der Waals surface area contributed by atoms with Crippen molar-refractivity contribution in [2.24, 2.45) is 5.41 Å². The fourth-order valence-electron chi connectivity index (χ4n) is 1.16. The zero-order valence-corrected chi connectivity index (χ0v) is 8.27. The summed E-state index contributed by atoms with van der Waals surface area (Å²) in [4.78, 5) is 0. The summed E-state index contributed by atoms with van der Waals surface area (Å²) in [5.74, 6) is 0. The highest BCUT2D eigenvalue weighted by Gasteiger charge is 2.15. The van der Waals surface area contributed by atoms with E-state index in [1.807, 2.05) is 6.08 Å². The lowest BCUT2D eigenvalue weighted by Crippen LogP contribution is -2.29. The third-order valence-corrected chi connectivity index (χ3v) is 1.90. The molecule has 0 saturated carbocycles. The molecule has 0 amide bonds. The fourth-order valence-corrected chi connectivity index (χ4v) is 1.16. The monoisotopic (exact) mass is 171 g/mol. The van der Waals surface area contributed by atoms with Gasteiger partial charge in [-0.05, 0) is 18.3 Å². The van der Waals surface area contributed by atoms with Gasteiger partial charge in [0.1, 0.15) is 0 Å². The SMILES string of the molecule is C=CCNCC(C)(C)CCCO. The lowest BCUT2D eigenvalue weighted by atomic mass is 9.88. The summed E-state index contributed by atoms with van der Waals surface area (Å²) >= 11 is 0. The molecule has 72 valence electrons. The van der Waals surface area contributed by atoms with Crippen molar-refractivity contribution in [1.29, 1.82) is 0 Å². The molecule has 0 heterocycles. The van der Waals surface area contributed by atoms with Gasteiger partial charge in [0.05, 0.1) is 0 Å². The third kappa shape index (κ3) is 6.38. The number of hydrogen-bond donors (Lipinski definition) is 2. The maximum absolute atomic E-state index is 8.66. The Bertz CT molecular complexity index is 121. The lowest BCUT2D eigenvalue weighted by molar-refractivity contribution is 0.238. The summed E-state index contributed by atoms with van der Waals surface area (Å²) in [6, 6.07) is 0. The molecule has 12 heavy (non-hydrogen) atoms. The Kier molecular flexibility index (Phi) is 6.03. The van der Waals surface area contributed by atoms with Gasteiger partial charge in [-0.1, -0.05) is 19.9 Å². The second-order valence-electron chi connectivity index (χ2n) is 3.91. The van der Waals surface area contributed by atoms with Crippen molar-refractivity contribution < 1.29 is 5.11 Å². The van der Waals surface area contributed by atoms with E-state index >= 15 is 0 Å². The van der Waals surface area contributed by atoms with Gasteiger partial charge in [0, 0.05) is 19.7 Å². The first kappa shape index (κ1) is 11.7. The van der Waals surface area contributed by atoms with Gasteiger partial charge in [0.15, 0.2) is 0 Å². The van der Waals surface area contributed by atoms with E-state index in [0.29, 0.717) is 6.61 Å². The molecule has 0 unspecified atom stereocenters. The van der Waals surface area contributed by atoms with Crippen molar-refractivity contribution in [3.8, 4) is 0 Å². The van der Waals surface area contributed by atoms with E-state index in [1.54, 1.807) is 0 Å². The molecule has 0 aliphatic carbocycles. The first-order valence-electron chi connectivity index (χ1n) is 4.55.